The van der Waals surface area contributed by atoms with Crippen molar-refractivity contribution in [2.75, 3.05) is 26.4 Å². The Morgan fingerprint density at radius 2 is 0.756 bits per heavy atom. The van der Waals surface area contributed by atoms with E-state index in [1.165, 1.54) is 0 Å². The van der Waals surface area contributed by atoms with Crippen molar-refractivity contribution in [3.63, 3.8) is 0 Å². The van der Waals surface area contributed by atoms with Crippen LogP contribution in [0.2, 0.25) is 0 Å². The van der Waals surface area contributed by atoms with Gasteiger partial charge in [0.1, 0.15) is 34.5 Å². The number of aryl methyl sites for hydroxylation is 2. The van der Waals surface area contributed by atoms with Crippen LogP contribution in [0.3, 0.4) is 0 Å². The second-order valence-electron chi connectivity index (χ2n) is 18.6. The van der Waals surface area contributed by atoms with E-state index in [1.807, 2.05) is 48.5 Å². The zero-order valence-corrected chi connectivity index (χ0v) is 43.9. The number of benzene rings is 6. The van der Waals surface area contributed by atoms with Crippen LogP contribution in [0.4, 0.5) is 0 Å². The van der Waals surface area contributed by atoms with Crippen molar-refractivity contribution in [3.05, 3.63) is 192 Å². The smallest absolute Gasteiger partial charge is 0.343 e. The molecule has 6 aromatic rings. The second kappa shape index (κ2) is 29.5. The predicted molar refractivity (Wildman–Crippen MR) is 293 cm³/mol. The molecule has 14 heteroatoms. The molecule has 0 amide bonds. The van der Waals surface area contributed by atoms with E-state index < -0.39 is 23.9 Å². The lowest BCUT2D eigenvalue weighted by Gasteiger charge is -2.10. The van der Waals surface area contributed by atoms with Crippen molar-refractivity contribution >= 4 is 35.8 Å². The largest absolute Gasteiger partial charge is 0.494 e. The first-order valence-corrected chi connectivity index (χ1v) is 26.3. The van der Waals surface area contributed by atoms with Crippen LogP contribution in [0, 0.1) is 0 Å². The number of esters is 6. The van der Waals surface area contributed by atoms with Gasteiger partial charge in [-0.05, 0) is 195 Å². The first-order chi connectivity index (χ1) is 37.9. The lowest BCUT2D eigenvalue weighted by atomic mass is 9.99. The molecule has 0 aliphatic heterocycles. The minimum absolute atomic E-state index is 0.0448. The highest BCUT2D eigenvalue weighted by atomic mass is 16.6. The Labute approximate surface area is 454 Å². The summed E-state index contributed by atoms with van der Waals surface area (Å²) in [5.41, 5.74) is 6.55. The van der Waals surface area contributed by atoms with E-state index in [9.17, 15) is 28.8 Å². The highest BCUT2D eigenvalue weighted by Gasteiger charge is 2.27. The average Bonchev–Trinajstić information content (AvgIpc) is 3.75. The summed E-state index contributed by atoms with van der Waals surface area (Å²) in [6.07, 6.45) is 10.4. The Bertz CT molecular complexity index is 2810. The van der Waals surface area contributed by atoms with Crippen LogP contribution in [0.1, 0.15) is 120 Å². The van der Waals surface area contributed by atoms with Crippen LogP contribution < -0.4 is 28.4 Å². The molecule has 14 nitrogen and oxygen atoms in total. The molecule has 0 heterocycles. The summed E-state index contributed by atoms with van der Waals surface area (Å²) >= 11 is 0. The van der Waals surface area contributed by atoms with E-state index in [1.54, 1.807) is 84.9 Å². The summed E-state index contributed by atoms with van der Waals surface area (Å²) in [6, 6.07) is 38.7. The number of fused-ring (bicyclic) bond motifs is 3. The lowest BCUT2D eigenvalue weighted by molar-refractivity contribution is -0.138. The van der Waals surface area contributed by atoms with Gasteiger partial charge in [-0.3, -0.25) is 9.59 Å². The summed E-state index contributed by atoms with van der Waals surface area (Å²) in [5, 5.41) is 0. The van der Waals surface area contributed by atoms with Crippen LogP contribution in [-0.2, 0) is 41.5 Å². The number of ether oxygens (including phenoxy) is 8. The Morgan fingerprint density at radius 1 is 0.410 bits per heavy atom. The molecular formula is C64H64O14. The fraction of sp³-hybridized carbons (Fsp3) is 0.281. The zero-order valence-electron chi connectivity index (χ0n) is 43.9. The van der Waals surface area contributed by atoms with Crippen molar-refractivity contribution in [2.24, 2.45) is 0 Å². The van der Waals surface area contributed by atoms with Crippen LogP contribution in [-0.4, -0.2) is 62.2 Å². The van der Waals surface area contributed by atoms with Crippen molar-refractivity contribution in [2.45, 2.75) is 89.9 Å². The molecule has 0 N–H and O–H groups in total. The topological polar surface area (TPSA) is 176 Å². The van der Waals surface area contributed by atoms with Crippen LogP contribution in [0.15, 0.2) is 159 Å². The van der Waals surface area contributed by atoms with E-state index in [0.717, 1.165) is 96.9 Å². The molecule has 78 heavy (non-hydrogen) atoms. The molecule has 0 atom stereocenters. The fourth-order valence-corrected chi connectivity index (χ4v) is 8.55. The maximum atomic E-state index is 13.0. The predicted octanol–water partition coefficient (Wildman–Crippen LogP) is 12.7. The highest BCUT2D eigenvalue weighted by molar-refractivity contribution is 5.92. The molecule has 0 fully saturated rings. The molecule has 7 rings (SSSR count). The second-order valence-corrected chi connectivity index (χ2v) is 18.6. The van der Waals surface area contributed by atoms with Crippen molar-refractivity contribution in [1.82, 2.24) is 0 Å². The molecule has 0 aromatic heterocycles. The first-order valence-electron chi connectivity index (χ1n) is 26.3. The van der Waals surface area contributed by atoms with Gasteiger partial charge in [-0.15, -0.1) is 0 Å². The molecular weight excluding hydrogens is 993 g/mol. The SMILES string of the molecule is C=CC(=O)OCCCCCCOc1ccc(C(=O)Oc2ccc(CCC(=O)Oc3ccc4c(c3)C(C)c3cc(OC(=O)CCc5ccc(OC(=O)c6ccc(OCCCCCCOC(=O)C=C)cc6)cc5)ccc3-4)cc2)cc1. The number of carbonyl (C=O) groups is 6. The van der Waals surface area contributed by atoms with E-state index >= 15 is 0 Å². The molecule has 0 saturated carbocycles. The molecule has 1 aliphatic rings. The number of carbonyl (C=O) groups excluding carboxylic acids is 6. The Balaban J connectivity index is 0.777. The zero-order chi connectivity index (χ0) is 55.1. The molecule has 0 spiro atoms. The van der Waals surface area contributed by atoms with Gasteiger partial charge in [0.25, 0.3) is 0 Å². The van der Waals surface area contributed by atoms with Gasteiger partial charge in [0.05, 0.1) is 37.6 Å². The van der Waals surface area contributed by atoms with Crippen LogP contribution in [0.5, 0.6) is 34.5 Å². The Morgan fingerprint density at radius 3 is 1.13 bits per heavy atom. The van der Waals surface area contributed by atoms with Gasteiger partial charge >= 0.3 is 35.8 Å². The number of hydrogen-bond acceptors (Lipinski definition) is 14. The summed E-state index contributed by atoms with van der Waals surface area (Å²) in [5.74, 6) is 0.293. The normalized spacial score (nSPS) is 11.3. The minimum atomic E-state index is -0.503. The summed E-state index contributed by atoms with van der Waals surface area (Å²) < 4.78 is 44.2. The quantitative estimate of drug-likeness (QED) is 0.0180. The van der Waals surface area contributed by atoms with E-state index in [-0.39, 0.29) is 30.7 Å². The van der Waals surface area contributed by atoms with Gasteiger partial charge in [0.15, 0.2) is 0 Å². The third-order valence-corrected chi connectivity index (χ3v) is 12.9. The van der Waals surface area contributed by atoms with Gasteiger partial charge in [0.2, 0.25) is 0 Å². The molecule has 1 aliphatic carbocycles. The first kappa shape index (κ1) is 56.9. The van der Waals surface area contributed by atoms with Gasteiger partial charge in [0, 0.05) is 30.9 Å². The van der Waals surface area contributed by atoms with Crippen LogP contribution >= 0.6 is 0 Å². The van der Waals surface area contributed by atoms with E-state index in [0.29, 0.717) is 84.9 Å². The summed E-state index contributed by atoms with van der Waals surface area (Å²) in [6.45, 7) is 10.6. The van der Waals surface area contributed by atoms with Crippen LogP contribution in [0.25, 0.3) is 11.1 Å². The minimum Gasteiger partial charge on any atom is -0.494 e. The maximum absolute atomic E-state index is 13.0. The number of unbranched alkanes of at least 4 members (excludes halogenated alkanes) is 6. The standard InChI is InChI=1S/C64H64O14/c1-4-59(65)73-40-12-8-6-10-38-71-49-28-20-47(21-29-49)63(69)77-51-24-14-45(15-25-51)18-36-61(67)75-53-32-34-55-56-35-33-54(43-58(56)44(3)57(55)42-53)76-62(68)37-19-46-16-26-52(27-17-46)78-64(70)48-22-30-50(31-23-48)72-39-11-7-9-13-41-74-60(66)5-2/h4-5,14-17,20-35,42-44H,1-2,6-13,18-19,36-41H2,3H3. The Kier molecular flexibility index (Phi) is 21.5. The van der Waals surface area contributed by atoms with Gasteiger partial charge in [-0.2, -0.15) is 0 Å². The monoisotopic (exact) mass is 1060 g/mol. The number of hydrogen-bond donors (Lipinski definition) is 0. The fourth-order valence-electron chi connectivity index (χ4n) is 8.55. The third kappa shape index (κ3) is 17.7. The summed E-state index contributed by atoms with van der Waals surface area (Å²) in [4.78, 5) is 73.8. The van der Waals surface area contributed by atoms with E-state index in [2.05, 4.69) is 20.1 Å². The van der Waals surface area contributed by atoms with Gasteiger partial charge in [-0.1, -0.05) is 56.5 Å². The average molecular weight is 1060 g/mol. The maximum Gasteiger partial charge on any atom is 0.343 e. The Hall–Kier alpha value is -8.78. The summed E-state index contributed by atoms with van der Waals surface area (Å²) in [7, 11) is 0. The highest BCUT2D eigenvalue weighted by Crippen LogP contribution is 2.47. The van der Waals surface area contributed by atoms with Gasteiger partial charge < -0.3 is 37.9 Å². The molecule has 0 radical (unpaired) electrons. The van der Waals surface area contributed by atoms with E-state index in [4.69, 9.17) is 37.9 Å². The molecule has 0 bridgehead atoms. The third-order valence-electron chi connectivity index (χ3n) is 12.9. The molecule has 404 valence electrons. The van der Waals surface area contributed by atoms with Crippen molar-refractivity contribution in [1.29, 1.82) is 0 Å². The molecule has 0 saturated heterocycles. The van der Waals surface area contributed by atoms with Gasteiger partial charge in [-0.25, -0.2) is 19.2 Å². The van der Waals surface area contributed by atoms with Crippen molar-refractivity contribution < 1.29 is 66.7 Å². The van der Waals surface area contributed by atoms with Crippen molar-refractivity contribution in [3.8, 4) is 45.6 Å². The lowest BCUT2D eigenvalue weighted by Crippen LogP contribution is -2.10. The molecule has 0 unspecified atom stereocenters. The number of rotatable bonds is 30. The molecule has 6 aromatic carbocycles.